The van der Waals surface area contributed by atoms with Crippen LogP contribution in [0.2, 0.25) is 10.0 Å². The summed E-state index contributed by atoms with van der Waals surface area (Å²) in [6, 6.07) is 9.84. The van der Waals surface area contributed by atoms with Crippen molar-refractivity contribution in [3.05, 3.63) is 58.6 Å². The molecule has 21 heavy (non-hydrogen) atoms. The van der Waals surface area contributed by atoms with Crippen LogP contribution in [0, 0.1) is 0 Å². The van der Waals surface area contributed by atoms with Gasteiger partial charge >= 0.3 is 20.2 Å². The van der Waals surface area contributed by atoms with E-state index in [4.69, 9.17) is 23.2 Å². The summed E-state index contributed by atoms with van der Waals surface area (Å²) in [7, 11) is -8.95. The summed E-state index contributed by atoms with van der Waals surface area (Å²) in [6.07, 6.45) is 0. The lowest BCUT2D eigenvalue weighted by atomic mass is 10.4. The molecule has 112 valence electrons. The van der Waals surface area contributed by atoms with E-state index in [9.17, 15) is 16.8 Å². The van der Waals surface area contributed by atoms with E-state index in [-0.39, 0.29) is 9.79 Å². The zero-order chi connectivity index (χ0) is 15.7. The van der Waals surface area contributed by atoms with Gasteiger partial charge in [0, 0.05) is 10.0 Å². The Hall–Kier alpha value is -1.12. The summed E-state index contributed by atoms with van der Waals surface area (Å²) in [5.74, 6) is 0. The molecule has 5 nitrogen and oxygen atoms in total. The minimum atomic E-state index is -4.47. The molecule has 0 aliphatic carbocycles. The fourth-order valence-electron chi connectivity index (χ4n) is 1.40. The normalized spacial score (nSPS) is 12.3. The minimum Gasteiger partial charge on any atom is -0.193 e. The Morgan fingerprint density at radius 1 is 0.619 bits per heavy atom. The van der Waals surface area contributed by atoms with Gasteiger partial charge in [-0.05, 0) is 48.5 Å². The van der Waals surface area contributed by atoms with Gasteiger partial charge in [-0.3, -0.25) is 0 Å². The maximum atomic E-state index is 11.9. The van der Waals surface area contributed by atoms with Gasteiger partial charge in [0.1, 0.15) is 0 Å². The highest BCUT2D eigenvalue weighted by Gasteiger charge is 2.26. The van der Waals surface area contributed by atoms with Gasteiger partial charge in [0.25, 0.3) is 0 Å². The Labute approximate surface area is 132 Å². The third-order valence-corrected chi connectivity index (χ3v) is 6.02. The van der Waals surface area contributed by atoms with Gasteiger partial charge in [0.15, 0.2) is 0 Å². The van der Waals surface area contributed by atoms with E-state index in [0.29, 0.717) is 10.0 Å². The van der Waals surface area contributed by atoms with Crippen LogP contribution in [0.3, 0.4) is 0 Å². The van der Waals surface area contributed by atoms with E-state index in [1.165, 1.54) is 24.3 Å². The maximum absolute atomic E-state index is 11.9. The molecule has 0 fully saturated rings. The van der Waals surface area contributed by atoms with Crippen molar-refractivity contribution in [2.24, 2.45) is 0 Å². The van der Waals surface area contributed by atoms with Crippen molar-refractivity contribution in [3.8, 4) is 0 Å². The molecule has 0 radical (unpaired) electrons. The van der Waals surface area contributed by atoms with Gasteiger partial charge in [0.05, 0.1) is 9.79 Å². The Morgan fingerprint density at radius 2 is 0.905 bits per heavy atom. The molecule has 0 amide bonds. The van der Waals surface area contributed by atoms with Crippen LogP contribution < -0.4 is 0 Å². The Balaban J connectivity index is 2.35. The number of hydrogen-bond acceptors (Lipinski definition) is 5. The van der Waals surface area contributed by atoms with Crippen molar-refractivity contribution in [1.82, 2.24) is 0 Å². The van der Waals surface area contributed by atoms with Gasteiger partial charge in [-0.25, -0.2) is 0 Å². The fourth-order valence-corrected chi connectivity index (χ4v) is 4.16. The van der Waals surface area contributed by atoms with Gasteiger partial charge in [-0.2, -0.15) is 16.8 Å². The summed E-state index contributed by atoms with van der Waals surface area (Å²) < 4.78 is 52.1. The third kappa shape index (κ3) is 3.96. The average Bonchev–Trinajstić information content (AvgIpc) is 2.38. The molecule has 0 unspecified atom stereocenters. The first-order valence-electron chi connectivity index (χ1n) is 5.43. The van der Waals surface area contributed by atoms with E-state index in [1.54, 1.807) is 0 Å². The van der Waals surface area contributed by atoms with Gasteiger partial charge in [-0.1, -0.05) is 23.2 Å². The SMILES string of the molecule is O=S(=O)(OS(=O)(=O)c1ccc(Cl)cc1)c1ccc(Cl)cc1. The van der Waals surface area contributed by atoms with Crippen molar-refractivity contribution in [2.45, 2.75) is 9.79 Å². The Kier molecular flexibility index (Phi) is 4.60. The third-order valence-electron chi connectivity index (χ3n) is 2.38. The highest BCUT2D eigenvalue weighted by atomic mass is 35.5. The lowest BCUT2D eigenvalue weighted by Gasteiger charge is -2.06. The molecule has 0 aromatic heterocycles. The minimum absolute atomic E-state index is 0.314. The standard InChI is InChI=1S/C12H8Cl2O5S2/c13-9-1-5-11(6-2-9)20(15,16)19-21(17,18)12-7-3-10(14)4-8-12/h1-8H. The summed E-state index contributed by atoms with van der Waals surface area (Å²) in [5.41, 5.74) is 0. The molecule has 9 heteroatoms. The quantitative estimate of drug-likeness (QED) is 0.830. The topological polar surface area (TPSA) is 77.5 Å². The predicted molar refractivity (Wildman–Crippen MR) is 78.4 cm³/mol. The molecule has 0 spiro atoms. The molecule has 0 saturated carbocycles. The largest absolute Gasteiger partial charge is 0.311 e. The second kappa shape index (κ2) is 5.94. The maximum Gasteiger partial charge on any atom is 0.311 e. The smallest absolute Gasteiger partial charge is 0.193 e. The van der Waals surface area contributed by atoms with Crippen LogP contribution in [0.15, 0.2) is 58.3 Å². The highest BCUT2D eigenvalue weighted by Crippen LogP contribution is 2.22. The molecule has 2 rings (SSSR count). The fraction of sp³-hybridized carbons (Fsp3) is 0. The molecule has 2 aromatic rings. The second-order valence-corrected chi connectivity index (χ2v) is 8.06. The second-order valence-electron chi connectivity index (χ2n) is 3.88. The average molecular weight is 367 g/mol. The van der Waals surface area contributed by atoms with Crippen molar-refractivity contribution in [2.75, 3.05) is 0 Å². The summed E-state index contributed by atoms with van der Waals surface area (Å²) in [6.45, 7) is 0. The van der Waals surface area contributed by atoms with Crippen LogP contribution in [0.1, 0.15) is 0 Å². The first-order valence-corrected chi connectivity index (χ1v) is 9.00. The Bertz CT molecular complexity index is 768. The molecule has 0 aliphatic heterocycles. The summed E-state index contributed by atoms with van der Waals surface area (Å²) >= 11 is 11.3. The number of benzene rings is 2. The van der Waals surface area contributed by atoms with Crippen LogP contribution in [-0.2, 0) is 23.9 Å². The molecule has 0 atom stereocenters. The lowest BCUT2D eigenvalue weighted by Crippen LogP contribution is -2.14. The van der Waals surface area contributed by atoms with Crippen LogP contribution in [-0.4, -0.2) is 16.8 Å². The van der Waals surface area contributed by atoms with Gasteiger partial charge < -0.3 is 0 Å². The van der Waals surface area contributed by atoms with E-state index in [1.807, 2.05) is 0 Å². The molecular weight excluding hydrogens is 359 g/mol. The van der Waals surface area contributed by atoms with E-state index in [0.717, 1.165) is 24.3 Å². The first kappa shape index (κ1) is 16.3. The highest BCUT2D eigenvalue weighted by molar-refractivity contribution is 7.99. The van der Waals surface area contributed by atoms with Crippen molar-refractivity contribution < 1.29 is 20.5 Å². The zero-order valence-electron chi connectivity index (χ0n) is 10.2. The monoisotopic (exact) mass is 366 g/mol. The number of rotatable bonds is 4. The Morgan fingerprint density at radius 3 is 1.19 bits per heavy atom. The predicted octanol–water partition coefficient (Wildman–Crippen LogP) is 3.09. The van der Waals surface area contributed by atoms with Crippen molar-refractivity contribution >= 4 is 43.4 Å². The molecule has 0 saturated heterocycles. The van der Waals surface area contributed by atoms with Crippen LogP contribution in [0.5, 0.6) is 0 Å². The molecule has 0 N–H and O–H groups in total. The van der Waals surface area contributed by atoms with Crippen LogP contribution in [0.4, 0.5) is 0 Å². The molecule has 0 aliphatic rings. The first-order chi connectivity index (χ1) is 9.71. The number of halogens is 2. The van der Waals surface area contributed by atoms with Crippen LogP contribution in [0.25, 0.3) is 0 Å². The van der Waals surface area contributed by atoms with Crippen molar-refractivity contribution in [1.29, 1.82) is 0 Å². The van der Waals surface area contributed by atoms with Crippen molar-refractivity contribution in [3.63, 3.8) is 0 Å². The summed E-state index contributed by atoms with van der Waals surface area (Å²) in [5, 5.41) is 0.629. The zero-order valence-corrected chi connectivity index (χ0v) is 13.4. The van der Waals surface area contributed by atoms with E-state index >= 15 is 0 Å². The molecule has 2 aromatic carbocycles. The molecule has 0 bridgehead atoms. The van der Waals surface area contributed by atoms with E-state index < -0.39 is 20.2 Å². The van der Waals surface area contributed by atoms with E-state index in [2.05, 4.69) is 3.63 Å². The lowest BCUT2D eigenvalue weighted by molar-refractivity contribution is 0.462. The molecule has 0 heterocycles. The van der Waals surface area contributed by atoms with Gasteiger partial charge in [0.2, 0.25) is 0 Å². The van der Waals surface area contributed by atoms with Gasteiger partial charge in [-0.15, -0.1) is 3.63 Å². The molecular formula is C12H8Cl2O5S2. The number of hydrogen-bond donors (Lipinski definition) is 0. The van der Waals surface area contributed by atoms with Crippen LogP contribution >= 0.6 is 23.2 Å². The summed E-state index contributed by atoms with van der Waals surface area (Å²) in [4.78, 5) is -0.631.